The molecule has 126 valence electrons. The van der Waals surface area contributed by atoms with Crippen molar-refractivity contribution in [1.29, 1.82) is 0 Å². The molecule has 6 nitrogen and oxygen atoms in total. The number of esters is 1. The van der Waals surface area contributed by atoms with E-state index < -0.39 is 17.9 Å². The Balaban J connectivity index is 0.00000484. The summed E-state index contributed by atoms with van der Waals surface area (Å²) in [6.07, 6.45) is 0.363. The third-order valence-electron chi connectivity index (χ3n) is 2.84. The third-order valence-corrected chi connectivity index (χ3v) is 2.84. The molecule has 0 aliphatic rings. The first-order valence-electron chi connectivity index (χ1n) is 6.78. The molecule has 0 heterocycles. The van der Waals surface area contributed by atoms with Gasteiger partial charge in [-0.25, -0.2) is 0 Å². The summed E-state index contributed by atoms with van der Waals surface area (Å²) >= 11 is 0. The Morgan fingerprint density at radius 1 is 1.30 bits per heavy atom. The molecule has 1 rings (SSSR count). The van der Waals surface area contributed by atoms with E-state index in [0.29, 0.717) is 18.8 Å². The molecule has 0 aliphatic heterocycles. The van der Waals surface area contributed by atoms with Crippen molar-refractivity contribution in [3.63, 3.8) is 0 Å². The summed E-state index contributed by atoms with van der Waals surface area (Å²) in [5.74, 6) is 5.33. The minimum atomic E-state index is -0.734. The highest BCUT2D eigenvalue weighted by Crippen LogP contribution is 2.13. The molecule has 1 aromatic rings. The van der Waals surface area contributed by atoms with Crippen LogP contribution in [0.3, 0.4) is 0 Å². The summed E-state index contributed by atoms with van der Waals surface area (Å²) < 4.78 is 9.83. The molecule has 0 saturated carbocycles. The fourth-order valence-corrected chi connectivity index (χ4v) is 1.62. The number of methoxy groups -OCH3 is 1. The molecule has 3 N–H and O–H groups in total. The Kier molecular flexibility index (Phi) is 10.3. The van der Waals surface area contributed by atoms with Crippen LogP contribution >= 0.6 is 12.4 Å². The summed E-state index contributed by atoms with van der Waals surface area (Å²) in [6, 6.07) is 6.53. The molecular formula is C16H21ClN2O4. The van der Waals surface area contributed by atoms with E-state index in [0.717, 1.165) is 5.56 Å². The van der Waals surface area contributed by atoms with Crippen molar-refractivity contribution >= 4 is 24.3 Å². The van der Waals surface area contributed by atoms with E-state index in [-0.39, 0.29) is 19.0 Å². The average Bonchev–Trinajstić information content (AvgIpc) is 2.54. The Morgan fingerprint density at radius 2 is 1.96 bits per heavy atom. The first-order valence-corrected chi connectivity index (χ1v) is 6.78. The van der Waals surface area contributed by atoms with E-state index >= 15 is 0 Å². The fourth-order valence-electron chi connectivity index (χ4n) is 1.62. The van der Waals surface area contributed by atoms with Gasteiger partial charge in [0.25, 0.3) is 0 Å². The van der Waals surface area contributed by atoms with Gasteiger partial charge < -0.3 is 20.5 Å². The van der Waals surface area contributed by atoms with E-state index in [4.69, 9.17) is 10.5 Å². The first-order chi connectivity index (χ1) is 10.6. The number of carbonyl (C=O) groups excluding carboxylic acids is 2. The maximum atomic E-state index is 11.7. The van der Waals surface area contributed by atoms with Crippen molar-refractivity contribution in [2.24, 2.45) is 5.73 Å². The van der Waals surface area contributed by atoms with Crippen LogP contribution in [0.2, 0.25) is 0 Å². The molecule has 7 heteroatoms. The predicted molar refractivity (Wildman–Crippen MR) is 89.3 cm³/mol. The van der Waals surface area contributed by atoms with Crippen molar-refractivity contribution in [1.82, 2.24) is 5.32 Å². The van der Waals surface area contributed by atoms with Crippen LogP contribution in [0.4, 0.5) is 0 Å². The van der Waals surface area contributed by atoms with E-state index in [9.17, 15) is 9.59 Å². The van der Waals surface area contributed by atoms with E-state index in [1.54, 1.807) is 19.1 Å². The molecule has 0 radical (unpaired) electrons. The second-order valence-corrected chi connectivity index (χ2v) is 4.46. The molecule has 0 aromatic heterocycles. The van der Waals surface area contributed by atoms with Crippen molar-refractivity contribution in [2.75, 3.05) is 20.3 Å². The molecule has 0 aliphatic carbocycles. The Morgan fingerprint density at radius 3 is 2.52 bits per heavy atom. The van der Waals surface area contributed by atoms with E-state index in [2.05, 4.69) is 21.9 Å². The topological polar surface area (TPSA) is 90.6 Å². The number of hydrogen-bond acceptors (Lipinski definition) is 5. The Labute approximate surface area is 142 Å². The zero-order chi connectivity index (χ0) is 16.4. The normalized spacial score (nSPS) is 10.4. The summed E-state index contributed by atoms with van der Waals surface area (Å²) in [6.45, 7) is 1.90. The zero-order valence-electron chi connectivity index (χ0n) is 13.1. The SMILES string of the molecule is CC#CCOc1ccc(C[C@H](N)C(=O)NCC(=O)OC)cc1.Cl. The van der Waals surface area contributed by atoms with E-state index in [1.165, 1.54) is 7.11 Å². The van der Waals surface area contributed by atoms with Gasteiger partial charge in [-0.05, 0) is 31.0 Å². The van der Waals surface area contributed by atoms with Crippen molar-refractivity contribution < 1.29 is 19.1 Å². The number of rotatable bonds is 7. The minimum Gasteiger partial charge on any atom is -0.481 e. The monoisotopic (exact) mass is 340 g/mol. The predicted octanol–water partition coefficient (Wildman–Crippen LogP) is 0.669. The van der Waals surface area contributed by atoms with Gasteiger partial charge in [0.1, 0.15) is 18.9 Å². The van der Waals surface area contributed by atoms with Gasteiger partial charge in [-0.1, -0.05) is 18.1 Å². The molecular weight excluding hydrogens is 320 g/mol. The summed E-state index contributed by atoms with van der Waals surface area (Å²) in [7, 11) is 1.25. The van der Waals surface area contributed by atoms with Gasteiger partial charge in [0.15, 0.2) is 0 Å². The molecule has 1 aromatic carbocycles. The summed E-state index contributed by atoms with van der Waals surface area (Å²) in [5.41, 5.74) is 6.70. The van der Waals surface area contributed by atoms with Crippen LogP contribution < -0.4 is 15.8 Å². The standard InChI is InChI=1S/C16H20N2O4.ClH/c1-3-4-9-22-13-7-5-12(6-8-13)10-14(17)16(20)18-11-15(19)21-2;/h5-8,14H,9-11,17H2,1-2H3,(H,18,20);1H/t14-;/m0./s1. The molecule has 1 atom stereocenters. The second kappa shape index (κ2) is 11.4. The lowest BCUT2D eigenvalue weighted by atomic mass is 10.1. The van der Waals surface area contributed by atoms with Gasteiger partial charge in [0.2, 0.25) is 5.91 Å². The number of nitrogens with two attached hydrogens (primary N) is 1. The summed E-state index contributed by atoms with van der Waals surface area (Å²) in [5, 5.41) is 2.42. The van der Waals surface area contributed by atoms with Gasteiger partial charge >= 0.3 is 5.97 Å². The highest BCUT2D eigenvalue weighted by molar-refractivity contribution is 5.86. The lowest BCUT2D eigenvalue weighted by Crippen LogP contribution is -2.44. The van der Waals surface area contributed by atoms with Crippen molar-refractivity contribution in [3.8, 4) is 17.6 Å². The van der Waals surface area contributed by atoms with Crippen LogP contribution in [0.1, 0.15) is 12.5 Å². The van der Waals surface area contributed by atoms with Crippen LogP contribution in [0.15, 0.2) is 24.3 Å². The zero-order valence-corrected chi connectivity index (χ0v) is 13.9. The van der Waals surface area contributed by atoms with Gasteiger partial charge in [-0.3, -0.25) is 9.59 Å². The van der Waals surface area contributed by atoms with Crippen molar-refractivity contribution in [3.05, 3.63) is 29.8 Å². The number of halogens is 1. The van der Waals surface area contributed by atoms with Crippen LogP contribution in [-0.4, -0.2) is 38.2 Å². The van der Waals surface area contributed by atoms with Gasteiger partial charge in [-0.15, -0.1) is 18.3 Å². The number of nitrogens with one attached hydrogen (secondary N) is 1. The molecule has 1 amide bonds. The first kappa shape index (κ1) is 20.8. The lowest BCUT2D eigenvalue weighted by molar-refractivity contribution is -0.141. The van der Waals surface area contributed by atoms with Crippen LogP contribution in [0.5, 0.6) is 5.75 Å². The van der Waals surface area contributed by atoms with Crippen LogP contribution in [0, 0.1) is 11.8 Å². The van der Waals surface area contributed by atoms with Crippen LogP contribution in [-0.2, 0) is 20.7 Å². The molecule has 23 heavy (non-hydrogen) atoms. The molecule has 0 unspecified atom stereocenters. The molecule has 0 bridgehead atoms. The number of carbonyl (C=O) groups is 2. The minimum absolute atomic E-state index is 0. The molecule has 0 fully saturated rings. The highest BCUT2D eigenvalue weighted by atomic mass is 35.5. The molecule has 0 saturated heterocycles. The largest absolute Gasteiger partial charge is 0.481 e. The Bertz CT molecular complexity index is 564. The molecule has 0 spiro atoms. The number of hydrogen-bond donors (Lipinski definition) is 2. The third kappa shape index (κ3) is 8.10. The Hall–Kier alpha value is -2.23. The lowest BCUT2D eigenvalue weighted by Gasteiger charge is -2.12. The van der Waals surface area contributed by atoms with Crippen molar-refractivity contribution in [2.45, 2.75) is 19.4 Å². The second-order valence-electron chi connectivity index (χ2n) is 4.46. The highest BCUT2D eigenvalue weighted by Gasteiger charge is 2.15. The number of amides is 1. The average molecular weight is 341 g/mol. The maximum absolute atomic E-state index is 11.7. The maximum Gasteiger partial charge on any atom is 0.325 e. The van der Waals surface area contributed by atoms with Crippen LogP contribution in [0.25, 0.3) is 0 Å². The smallest absolute Gasteiger partial charge is 0.325 e. The summed E-state index contributed by atoms with van der Waals surface area (Å²) in [4.78, 5) is 22.7. The van der Waals surface area contributed by atoms with Gasteiger partial charge in [-0.2, -0.15) is 0 Å². The number of ether oxygens (including phenoxy) is 2. The van der Waals surface area contributed by atoms with Gasteiger partial charge in [0, 0.05) is 0 Å². The fraction of sp³-hybridized carbons (Fsp3) is 0.375. The number of benzene rings is 1. The van der Waals surface area contributed by atoms with E-state index in [1.807, 2.05) is 12.1 Å². The van der Waals surface area contributed by atoms with Gasteiger partial charge in [0.05, 0.1) is 13.2 Å². The quantitative estimate of drug-likeness (QED) is 0.562.